The fourth-order valence-electron chi connectivity index (χ4n) is 7.16. The largest absolute Gasteiger partial charge is 0.456 e. The molecule has 0 amide bonds. The van der Waals surface area contributed by atoms with Gasteiger partial charge in [-0.1, -0.05) is 103 Å². The number of furan rings is 1. The van der Waals surface area contributed by atoms with Crippen molar-refractivity contribution in [2.45, 2.75) is 0 Å². The van der Waals surface area contributed by atoms with Crippen LogP contribution in [0.15, 0.2) is 162 Å². The van der Waals surface area contributed by atoms with Crippen LogP contribution in [0.3, 0.4) is 0 Å². The van der Waals surface area contributed by atoms with E-state index in [-0.39, 0.29) is 0 Å². The second kappa shape index (κ2) is 12.0. The molecule has 7 aromatic carbocycles. The Hall–Kier alpha value is -6.54. The zero-order chi connectivity index (χ0) is 34.9. The van der Waals surface area contributed by atoms with Gasteiger partial charge in [-0.15, -0.1) is 22.7 Å². The Morgan fingerprint density at radius 3 is 1.94 bits per heavy atom. The summed E-state index contributed by atoms with van der Waals surface area (Å²) in [6, 6.07) is 54.7. The average Bonchev–Trinajstić information content (AvgIpc) is 3.94. The van der Waals surface area contributed by atoms with Crippen molar-refractivity contribution in [3.05, 3.63) is 158 Å². The van der Waals surface area contributed by atoms with Crippen LogP contribution in [0.5, 0.6) is 0 Å². The molecule has 11 aromatic rings. The fraction of sp³-hybridized carbons (Fsp3) is 0. The number of thiazole rings is 1. The normalized spacial score (nSPS) is 11.8. The van der Waals surface area contributed by atoms with E-state index in [1.54, 1.807) is 22.7 Å². The maximum absolute atomic E-state index is 6.12. The number of rotatable bonds is 5. The highest BCUT2D eigenvalue weighted by Crippen LogP contribution is 2.42. The van der Waals surface area contributed by atoms with Crippen LogP contribution < -0.4 is 0 Å². The van der Waals surface area contributed by atoms with Gasteiger partial charge in [0.2, 0.25) is 0 Å². The number of nitrogens with zero attached hydrogens (tertiary/aromatic N) is 4. The first kappa shape index (κ1) is 30.1. The molecule has 0 N–H and O–H groups in total. The summed E-state index contributed by atoms with van der Waals surface area (Å²) < 4.78 is 9.70. The molecule has 7 heteroatoms. The van der Waals surface area contributed by atoms with Gasteiger partial charge in [0, 0.05) is 53.2 Å². The minimum atomic E-state index is 0.621. The van der Waals surface area contributed by atoms with Crippen molar-refractivity contribution in [3.63, 3.8) is 0 Å². The van der Waals surface area contributed by atoms with Crippen LogP contribution in [-0.2, 0) is 0 Å². The van der Waals surface area contributed by atoms with Gasteiger partial charge in [-0.05, 0) is 65.7 Å². The summed E-state index contributed by atoms with van der Waals surface area (Å²) >= 11 is 3.51. The van der Waals surface area contributed by atoms with Crippen molar-refractivity contribution in [1.29, 1.82) is 0 Å². The number of hydrogen-bond acceptors (Lipinski definition) is 7. The lowest BCUT2D eigenvalue weighted by molar-refractivity contribution is 0.669. The Balaban J connectivity index is 1.02. The number of para-hydroxylation sites is 2. The molecule has 0 aliphatic heterocycles. The topological polar surface area (TPSA) is 64.7 Å². The van der Waals surface area contributed by atoms with Crippen LogP contribution in [0.4, 0.5) is 0 Å². The molecule has 0 saturated carbocycles. The van der Waals surface area contributed by atoms with Crippen molar-refractivity contribution >= 4 is 75.0 Å². The number of benzene rings is 7. The number of fused-ring (bicyclic) bond motifs is 7. The SMILES string of the molecule is c1ccc(-c2nc(-c3ccc4oc5ccccc5c4c3)nc(-c3cccc4c3sc3ccc(-c5ccc(-c6nc7ccccc7s6)cc5)cc34)n2)cc1. The Morgan fingerprint density at radius 1 is 0.377 bits per heavy atom. The lowest BCUT2D eigenvalue weighted by Gasteiger charge is -2.09. The molecule has 0 saturated heterocycles. The summed E-state index contributed by atoms with van der Waals surface area (Å²) in [6.07, 6.45) is 0. The van der Waals surface area contributed by atoms with Crippen molar-refractivity contribution in [2.75, 3.05) is 0 Å². The Kier molecular flexibility index (Phi) is 6.83. The number of hydrogen-bond donors (Lipinski definition) is 0. The summed E-state index contributed by atoms with van der Waals surface area (Å²) in [7, 11) is 0. The van der Waals surface area contributed by atoms with Crippen LogP contribution in [-0.4, -0.2) is 19.9 Å². The van der Waals surface area contributed by atoms with Gasteiger partial charge in [0.15, 0.2) is 17.5 Å². The average molecular weight is 715 g/mol. The Morgan fingerprint density at radius 2 is 1.06 bits per heavy atom. The molecule has 0 unspecified atom stereocenters. The zero-order valence-corrected chi connectivity index (χ0v) is 29.7. The van der Waals surface area contributed by atoms with Crippen LogP contribution >= 0.6 is 22.7 Å². The molecule has 0 aliphatic carbocycles. The molecule has 0 aliphatic rings. The number of thiophene rings is 1. The fourth-order valence-corrected chi connectivity index (χ4v) is 9.33. The minimum absolute atomic E-state index is 0.621. The van der Waals surface area contributed by atoms with E-state index in [1.807, 2.05) is 66.7 Å². The molecule has 4 aromatic heterocycles. The molecule has 0 spiro atoms. The molecule has 4 heterocycles. The van der Waals surface area contributed by atoms with Crippen LogP contribution in [0.1, 0.15) is 0 Å². The Labute approximate surface area is 311 Å². The van der Waals surface area contributed by atoms with E-state index >= 15 is 0 Å². The predicted octanol–water partition coefficient (Wildman–Crippen LogP) is 13.1. The van der Waals surface area contributed by atoms with Crippen molar-refractivity contribution in [3.8, 4) is 55.9 Å². The molecule has 0 bridgehead atoms. The third-order valence-corrected chi connectivity index (χ3v) is 12.1. The third kappa shape index (κ3) is 5.12. The van der Waals surface area contributed by atoms with E-state index < -0.39 is 0 Å². The highest BCUT2D eigenvalue weighted by molar-refractivity contribution is 7.26. The van der Waals surface area contributed by atoms with E-state index in [2.05, 4.69) is 91.0 Å². The summed E-state index contributed by atoms with van der Waals surface area (Å²) in [5, 5.41) is 5.55. The Bertz CT molecular complexity index is 3150. The first-order valence-electron chi connectivity index (χ1n) is 17.4. The van der Waals surface area contributed by atoms with Gasteiger partial charge in [0.25, 0.3) is 0 Å². The smallest absolute Gasteiger partial charge is 0.165 e. The molecule has 11 rings (SSSR count). The first-order valence-corrected chi connectivity index (χ1v) is 19.0. The zero-order valence-electron chi connectivity index (χ0n) is 28.0. The van der Waals surface area contributed by atoms with Crippen LogP contribution in [0.2, 0.25) is 0 Å². The minimum Gasteiger partial charge on any atom is -0.456 e. The van der Waals surface area contributed by atoms with Gasteiger partial charge in [-0.2, -0.15) is 0 Å². The van der Waals surface area contributed by atoms with Crippen molar-refractivity contribution in [2.24, 2.45) is 0 Å². The van der Waals surface area contributed by atoms with Gasteiger partial charge in [0.1, 0.15) is 16.2 Å². The molecule has 0 atom stereocenters. The third-order valence-electron chi connectivity index (χ3n) is 9.80. The lowest BCUT2D eigenvalue weighted by atomic mass is 10.0. The maximum Gasteiger partial charge on any atom is 0.165 e. The molecule has 0 fully saturated rings. The van der Waals surface area contributed by atoms with Gasteiger partial charge >= 0.3 is 0 Å². The highest BCUT2D eigenvalue weighted by atomic mass is 32.1. The van der Waals surface area contributed by atoms with Crippen LogP contribution in [0.25, 0.3) is 108 Å². The van der Waals surface area contributed by atoms with E-state index in [4.69, 9.17) is 24.4 Å². The summed E-state index contributed by atoms with van der Waals surface area (Å²) in [5.74, 6) is 1.90. The molecular formula is C46H26N4OS2. The van der Waals surface area contributed by atoms with Crippen molar-refractivity contribution < 1.29 is 4.42 Å². The molecular weight excluding hydrogens is 689 g/mol. The molecule has 53 heavy (non-hydrogen) atoms. The quantitative estimate of drug-likeness (QED) is 0.178. The molecule has 0 radical (unpaired) electrons. The first-order chi connectivity index (χ1) is 26.2. The van der Waals surface area contributed by atoms with Gasteiger partial charge in [-0.25, -0.2) is 19.9 Å². The molecule has 5 nitrogen and oxygen atoms in total. The van der Waals surface area contributed by atoms with E-state index in [1.165, 1.54) is 31.3 Å². The second-order valence-corrected chi connectivity index (χ2v) is 15.1. The summed E-state index contributed by atoms with van der Waals surface area (Å²) in [4.78, 5) is 20.1. The standard InChI is InChI=1S/C46H26N4OS2/c1-2-9-28(10-3-1)43-48-44(31-21-23-39-35(26-31)32-11-4-6-15-38(32)51-39)50-45(49-43)34-13-8-12-33-36-25-30(22-24-40(36)52-42(33)34)27-17-19-29(20-18-27)46-47-37-14-5-7-16-41(37)53-46/h1-26H. The second-order valence-electron chi connectivity index (χ2n) is 13.0. The lowest BCUT2D eigenvalue weighted by Crippen LogP contribution is -2.00. The van der Waals surface area contributed by atoms with Gasteiger partial charge in [-0.3, -0.25) is 0 Å². The highest BCUT2D eigenvalue weighted by Gasteiger charge is 2.18. The van der Waals surface area contributed by atoms with Gasteiger partial charge in [0.05, 0.1) is 10.2 Å². The monoisotopic (exact) mass is 714 g/mol. The summed E-state index contributed by atoms with van der Waals surface area (Å²) in [5.41, 5.74) is 9.06. The maximum atomic E-state index is 6.12. The van der Waals surface area contributed by atoms with E-state index in [0.29, 0.717) is 17.5 Å². The molecule has 248 valence electrons. The number of aromatic nitrogens is 4. The van der Waals surface area contributed by atoms with E-state index in [9.17, 15) is 0 Å². The van der Waals surface area contributed by atoms with Crippen molar-refractivity contribution in [1.82, 2.24) is 19.9 Å². The van der Waals surface area contributed by atoms with E-state index in [0.717, 1.165) is 59.4 Å². The van der Waals surface area contributed by atoms with Crippen LogP contribution in [0, 0.1) is 0 Å². The van der Waals surface area contributed by atoms with Gasteiger partial charge < -0.3 is 4.42 Å². The summed E-state index contributed by atoms with van der Waals surface area (Å²) in [6.45, 7) is 0. The predicted molar refractivity (Wildman–Crippen MR) is 220 cm³/mol.